The number of pyridine rings is 2. The fourth-order valence-corrected chi connectivity index (χ4v) is 4.48. The fourth-order valence-electron chi connectivity index (χ4n) is 4.48. The predicted octanol–water partition coefficient (Wildman–Crippen LogP) is 6.58. The van der Waals surface area contributed by atoms with Crippen molar-refractivity contribution in [2.75, 3.05) is 0 Å². The lowest BCUT2D eigenvalue weighted by Crippen LogP contribution is -1.92. The molecule has 7 rings (SSSR count). The topological polar surface area (TPSA) is 52.1 Å². The Hall–Kier alpha value is -3.92. The molecular weight excluding hydrogens is 348 g/mol. The van der Waals surface area contributed by atoms with Gasteiger partial charge in [0, 0.05) is 33.9 Å². The third kappa shape index (κ3) is 1.61. The Morgan fingerprint density at radius 1 is 0.464 bits per heavy atom. The number of nitrogens with zero attached hydrogens (tertiary/aromatic N) is 2. The molecule has 0 aliphatic carbocycles. The van der Waals surface area contributed by atoms with E-state index in [0.717, 1.165) is 65.7 Å². The first kappa shape index (κ1) is 14.2. The Balaban J connectivity index is 2.02. The van der Waals surface area contributed by atoms with Crippen molar-refractivity contribution in [2.45, 2.75) is 0 Å². The molecule has 7 aromatic rings. The van der Waals surface area contributed by atoms with E-state index in [4.69, 9.17) is 18.8 Å². The van der Waals surface area contributed by atoms with Crippen molar-refractivity contribution in [1.82, 2.24) is 9.97 Å². The van der Waals surface area contributed by atoms with Gasteiger partial charge in [-0.3, -0.25) is 9.97 Å². The third-order valence-electron chi connectivity index (χ3n) is 5.55. The van der Waals surface area contributed by atoms with Crippen LogP contribution in [-0.2, 0) is 0 Å². The minimum atomic E-state index is 0.763. The Morgan fingerprint density at radius 3 is 1.43 bits per heavy atom. The average molecular weight is 360 g/mol. The van der Waals surface area contributed by atoms with Gasteiger partial charge in [0.1, 0.15) is 22.2 Å². The summed E-state index contributed by atoms with van der Waals surface area (Å²) in [5.41, 5.74) is 4.91. The Kier molecular flexibility index (Phi) is 2.46. The quantitative estimate of drug-likeness (QED) is 0.226. The Morgan fingerprint density at radius 2 is 0.929 bits per heavy atom. The lowest BCUT2D eigenvalue weighted by atomic mass is 9.92. The van der Waals surface area contributed by atoms with Gasteiger partial charge in [0.25, 0.3) is 0 Å². The Bertz CT molecular complexity index is 1590. The van der Waals surface area contributed by atoms with E-state index in [1.54, 1.807) is 0 Å². The molecule has 4 heteroatoms. The third-order valence-corrected chi connectivity index (χ3v) is 5.55. The van der Waals surface area contributed by atoms with Crippen molar-refractivity contribution in [3.8, 4) is 0 Å². The first-order chi connectivity index (χ1) is 13.9. The first-order valence-corrected chi connectivity index (χ1v) is 9.18. The van der Waals surface area contributed by atoms with Gasteiger partial charge in [-0.05, 0) is 47.2 Å². The van der Waals surface area contributed by atoms with Gasteiger partial charge in [-0.2, -0.15) is 0 Å². The predicted molar refractivity (Wildman–Crippen MR) is 112 cm³/mol. The zero-order chi connectivity index (χ0) is 18.2. The summed E-state index contributed by atoms with van der Waals surface area (Å²) < 4.78 is 12.4. The monoisotopic (exact) mass is 360 g/mol. The van der Waals surface area contributed by atoms with E-state index in [1.807, 2.05) is 60.9 Å². The van der Waals surface area contributed by atoms with Crippen molar-refractivity contribution in [3.63, 3.8) is 0 Å². The highest BCUT2D eigenvalue weighted by Crippen LogP contribution is 2.45. The maximum Gasteiger partial charge on any atom is 0.153 e. The van der Waals surface area contributed by atoms with Crippen LogP contribution in [0.25, 0.3) is 65.7 Å². The molecule has 0 amide bonds. The van der Waals surface area contributed by atoms with Crippen LogP contribution < -0.4 is 0 Å². The van der Waals surface area contributed by atoms with E-state index in [2.05, 4.69) is 12.1 Å². The summed E-state index contributed by atoms with van der Waals surface area (Å²) in [6, 6.07) is 20.1. The summed E-state index contributed by atoms with van der Waals surface area (Å²) in [6.45, 7) is 0. The van der Waals surface area contributed by atoms with Gasteiger partial charge in [0.05, 0.1) is 0 Å². The molecule has 0 saturated heterocycles. The van der Waals surface area contributed by atoms with E-state index in [1.165, 1.54) is 0 Å². The fraction of sp³-hybridized carbons (Fsp3) is 0. The van der Waals surface area contributed by atoms with Crippen LogP contribution in [0, 0.1) is 0 Å². The molecule has 0 aliphatic heterocycles. The molecule has 130 valence electrons. The van der Waals surface area contributed by atoms with Crippen LogP contribution in [0.3, 0.4) is 0 Å². The van der Waals surface area contributed by atoms with Crippen LogP contribution in [0.4, 0.5) is 0 Å². The second-order valence-electron chi connectivity index (χ2n) is 7.01. The molecule has 4 nitrogen and oxygen atoms in total. The summed E-state index contributed by atoms with van der Waals surface area (Å²) in [7, 11) is 0. The van der Waals surface area contributed by atoms with Crippen LogP contribution in [0.5, 0.6) is 0 Å². The molecule has 0 aliphatic rings. The number of rotatable bonds is 0. The summed E-state index contributed by atoms with van der Waals surface area (Å²) >= 11 is 0. The largest absolute Gasteiger partial charge is 0.454 e. The summed E-state index contributed by atoms with van der Waals surface area (Å²) in [5.74, 6) is 0. The first-order valence-electron chi connectivity index (χ1n) is 9.18. The van der Waals surface area contributed by atoms with Crippen LogP contribution >= 0.6 is 0 Å². The molecule has 4 heterocycles. The van der Waals surface area contributed by atoms with Crippen LogP contribution in [0.15, 0.2) is 81.9 Å². The molecule has 0 saturated carbocycles. The van der Waals surface area contributed by atoms with Gasteiger partial charge in [-0.1, -0.05) is 24.3 Å². The van der Waals surface area contributed by atoms with Crippen LogP contribution in [0.2, 0.25) is 0 Å². The highest BCUT2D eigenvalue weighted by atomic mass is 16.3. The molecular formula is C24H12N2O2. The second-order valence-corrected chi connectivity index (χ2v) is 7.01. The Labute approximate surface area is 158 Å². The standard InChI is InChI=1S/C24H12N2O2/c1-5-13-14-6-2-8-16-20(14)22(24-18(28-16)10-4-12-26-24)21-19(13)15(7-1)27-17-9-3-11-25-23(17)21/h1-12H. The number of hydrogen-bond acceptors (Lipinski definition) is 4. The number of fused-ring (bicyclic) bond motifs is 6. The van der Waals surface area contributed by atoms with Crippen LogP contribution in [0.1, 0.15) is 0 Å². The molecule has 0 bridgehead atoms. The summed E-state index contributed by atoms with van der Waals surface area (Å²) in [5, 5.41) is 6.55. The van der Waals surface area contributed by atoms with Gasteiger partial charge in [0.15, 0.2) is 11.2 Å². The van der Waals surface area contributed by atoms with Crippen molar-refractivity contribution >= 4 is 65.7 Å². The highest BCUT2D eigenvalue weighted by molar-refractivity contribution is 6.39. The van der Waals surface area contributed by atoms with Crippen LogP contribution in [-0.4, -0.2) is 9.97 Å². The lowest BCUT2D eigenvalue weighted by molar-refractivity contribution is 0.659. The minimum absolute atomic E-state index is 0.763. The normalized spacial score (nSPS) is 12.3. The number of hydrogen-bond donors (Lipinski definition) is 0. The second kappa shape index (κ2) is 4.87. The van der Waals surface area contributed by atoms with Gasteiger partial charge in [-0.25, -0.2) is 0 Å². The maximum absolute atomic E-state index is 6.22. The maximum atomic E-state index is 6.22. The van der Waals surface area contributed by atoms with E-state index in [9.17, 15) is 0 Å². The van der Waals surface area contributed by atoms with Crippen molar-refractivity contribution in [2.24, 2.45) is 0 Å². The molecule has 0 unspecified atom stereocenters. The summed E-state index contributed by atoms with van der Waals surface area (Å²) in [6.07, 6.45) is 3.62. The highest BCUT2D eigenvalue weighted by Gasteiger charge is 2.20. The lowest BCUT2D eigenvalue weighted by Gasteiger charge is -2.15. The van der Waals surface area contributed by atoms with Gasteiger partial charge >= 0.3 is 0 Å². The number of aromatic nitrogens is 2. The molecule has 0 fully saturated rings. The van der Waals surface area contributed by atoms with Gasteiger partial charge in [0.2, 0.25) is 0 Å². The molecule has 0 N–H and O–H groups in total. The molecule has 0 atom stereocenters. The summed E-state index contributed by atoms with van der Waals surface area (Å²) in [4.78, 5) is 9.38. The molecule has 0 spiro atoms. The zero-order valence-electron chi connectivity index (χ0n) is 14.6. The minimum Gasteiger partial charge on any atom is -0.454 e. The SMILES string of the molecule is c1cnc2c(c1)oc1cccc3c4cccc5oc6cccnc6c(c54)c2c13. The average Bonchev–Trinajstić information content (AvgIpc) is 2.75. The van der Waals surface area contributed by atoms with Crippen molar-refractivity contribution in [3.05, 3.63) is 73.1 Å². The van der Waals surface area contributed by atoms with E-state index in [0.29, 0.717) is 0 Å². The molecule has 4 aromatic heterocycles. The molecule has 3 aromatic carbocycles. The smallest absolute Gasteiger partial charge is 0.153 e. The molecule has 0 radical (unpaired) electrons. The van der Waals surface area contributed by atoms with E-state index < -0.39 is 0 Å². The van der Waals surface area contributed by atoms with Gasteiger partial charge in [-0.15, -0.1) is 0 Å². The van der Waals surface area contributed by atoms with E-state index in [-0.39, 0.29) is 0 Å². The molecule has 28 heavy (non-hydrogen) atoms. The van der Waals surface area contributed by atoms with Crippen molar-refractivity contribution < 1.29 is 8.83 Å². The zero-order valence-corrected chi connectivity index (χ0v) is 14.6. The van der Waals surface area contributed by atoms with E-state index >= 15 is 0 Å². The van der Waals surface area contributed by atoms with Gasteiger partial charge < -0.3 is 8.83 Å². The number of benzene rings is 3. The van der Waals surface area contributed by atoms with Crippen molar-refractivity contribution in [1.29, 1.82) is 0 Å².